The Kier molecular flexibility index (Phi) is 3.58. The van der Waals surface area contributed by atoms with E-state index >= 15 is 0 Å². The minimum Gasteiger partial charge on any atom is -0.477 e. The molecule has 0 aromatic carbocycles. The molecule has 0 atom stereocenters. The molecule has 0 bridgehead atoms. The third-order valence-corrected chi connectivity index (χ3v) is 3.98. The third-order valence-electron chi connectivity index (χ3n) is 1.95. The van der Waals surface area contributed by atoms with Crippen molar-refractivity contribution in [2.45, 2.75) is 9.24 Å². The van der Waals surface area contributed by atoms with Crippen LogP contribution in [-0.4, -0.2) is 21.0 Å². The summed E-state index contributed by atoms with van der Waals surface area (Å²) in [6.07, 6.45) is 0. The highest BCUT2D eigenvalue weighted by molar-refractivity contribution is 8.01. The van der Waals surface area contributed by atoms with E-state index in [-0.39, 0.29) is 16.4 Å². The van der Waals surface area contributed by atoms with Crippen molar-refractivity contribution >= 4 is 34.8 Å². The van der Waals surface area contributed by atoms with Crippen molar-refractivity contribution in [1.29, 1.82) is 0 Å². The van der Waals surface area contributed by atoms with Crippen LogP contribution >= 0.6 is 23.1 Å². The van der Waals surface area contributed by atoms with E-state index in [1.165, 1.54) is 11.3 Å². The van der Waals surface area contributed by atoms with Gasteiger partial charge in [0.2, 0.25) is 0 Å². The first-order valence-corrected chi connectivity index (χ1v) is 6.37. The molecule has 1 N–H and O–H groups in total. The summed E-state index contributed by atoms with van der Waals surface area (Å²) in [5.41, 5.74) is -0.405. The van der Waals surface area contributed by atoms with E-state index in [0.29, 0.717) is 0 Å². The minimum absolute atomic E-state index is 0.0855. The zero-order valence-electron chi connectivity index (χ0n) is 8.77. The highest BCUT2D eigenvalue weighted by Gasteiger charge is 2.19. The van der Waals surface area contributed by atoms with Gasteiger partial charge < -0.3 is 5.11 Å². The normalized spacial score (nSPS) is 10.2. The van der Waals surface area contributed by atoms with Gasteiger partial charge in [0, 0.05) is 6.07 Å². The SMILES string of the molecule is O=C(O)c1ccc([N+](=O)[O-])c(Sc2cccs2)n1. The fraction of sp³-hybridized carbons (Fsp3) is 0. The maximum absolute atomic E-state index is 10.8. The lowest BCUT2D eigenvalue weighted by molar-refractivity contribution is -0.388. The quantitative estimate of drug-likeness (QED) is 0.684. The van der Waals surface area contributed by atoms with Crippen LogP contribution in [0.4, 0.5) is 5.69 Å². The van der Waals surface area contributed by atoms with E-state index < -0.39 is 10.9 Å². The van der Waals surface area contributed by atoms with Crippen LogP contribution in [0.25, 0.3) is 0 Å². The minimum atomic E-state index is -1.21. The summed E-state index contributed by atoms with van der Waals surface area (Å²) in [5, 5.41) is 21.6. The lowest BCUT2D eigenvalue weighted by Crippen LogP contribution is -2.02. The molecule has 0 saturated carbocycles. The second-order valence-electron chi connectivity index (χ2n) is 3.12. The number of nitrogens with zero attached hydrogens (tertiary/aromatic N) is 2. The first kappa shape index (κ1) is 12.5. The van der Waals surface area contributed by atoms with Crippen molar-refractivity contribution in [1.82, 2.24) is 4.98 Å². The van der Waals surface area contributed by atoms with Gasteiger partial charge in [0.15, 0.2) is 5.03 Å². The number of thiophene rings is 1. The summed E-state index contributed by atoms with van der Waals surface area (Å²) in [6, 6.07) is 5.87. The molecule has 92 valence electrons. The first-order valence-electron chi connectivity index (χ1n) is 4.68. The molecule has 0 radical (unpaired) electrons. The molecule has 18 heavy (non-hydrogen) atoms. The summed E-state index contributed by atoms with van der Waals surface area (Å²) in [6.45, 7) is 0. The Morgan fingerprint density at radius 2 is 2.22 bits per heavy atom. The van der Waals surface area contributed by atoms with Crippen molar-refractivity contribution < 1.29 is 14.8 Å². The summed E-state index contributed by atoms with van der Waals surface area (Å²) in [5.74, 6) is -1.21. The van der Waals surface area contributed by atoms with E-state index in [9.17, 15) is 14.9 Å². The number of hydrogen-bond donors (Lipinski definition) is 1. The van der Waals surface area contributed by atoms with Crippen molar-refractivity contribution in [3.63, 3.8) is 0 Å². The lowest BCUT2D eigenvalue weighted by Gasteiger charge is -2.01. The Balaban J connectivity index is 2.43. The zero-order valence-corrected chi connectivity index (χ0v) is 10.4. The zero-order chi connectivity index (χ0) is 13.1. The monoisotopic (exact) mass is 282 g/mol. The van der Waals surface area contributed by atoms with Gasteiger partial charge in [-0.05, 0) is 17.5 Å². The van der Waals surface area contributed by atoms with Gasteiger partial charge >= 0.3 is 11.7 Å². The topological polar surface area (TPSA) is 93.3 Å². The van der Waals surface area contributed by atoms with Crippen LogP contribution in [0.15, 0.2) is 38.9 Å². The fourth-order valence-corrected chi connectivity index (χ4v) is 2.96. The molecule has 0 aliphatic rings. The highest BCUT2D eigenvalue weighted by Crippen LogP contribution is 2.35. The number of aromatic carboxylic acids is 1. The van der Waals surface area contributed by atoms with Crippen molar-refractivity contribution in [2.24, 2.45) is 0 Å². The summed E-state index contributed by atoms with van der Waals surface area (Å²) in [7, 11) is 0. The van der Waals surface area contributed by atoms with Crippen molar-refractivity contribution in [2.75, 3.05) is 0 Å². The Hall–Kier alpha value is -1.93. The molecule has 0 spiro atoms. The van der Waals surface area contributed by atoms with Crippen LogP contribution in [0.3, 0.4) is 0 Å². The Bertz CT molecular complexity index is 598. The molecule has 0 aliphatic carbocycles. The molecule has 6 nitrogen and oxygen atoms in total. The molecule has 0 saturated heterocycles. The van der Waals surface area contributed by atoms with Gasteiger partial charge in [-0.3, -0.25) is 10.1 Å². The molecule has 2 aromatic rings. The second kappa shape index (κ2) is 5.15. The number of aromatic nitrogens is 1. The number of hydrogen-bond acceptors (Lipinski definition) is 6. The Morgan fingerprint density at radius 3 is 2.78 bits per heavy atom. The highest BCUT2D eigenvalue weighted by atomic mass is 32.2. The molecule has 0 unspecified atom stereocenters. The molecule has 8 heteroatoms. The number of carboxylic acids is 1. The fourth-order valence-electron chi connectivity index (χ4n) is 1.18. The van der Waals surface area contributed by atoms with E-state index in [0.717, 1.165) is 28.1 Å². The molecule has 2 heterocycles. The standard InChI is InChI=1S/C10H6N2O4S2/c13-10(14)6-3-4-7(12(15)16)9(11-6)18-8-2-1-5-17-8/h1-5H,(H,13,14). The molecule has 0 aliphatic heterocycles. The average molecular weight is 282 g/mol. The number of rotatable bonds is 4. The molecular formula is C10H6N2O4S2. The predicted molar refractivity (Wildman–Crippen MR) is 66.3 cm³/mol. The molecular weight excluding hydrogens is 276 g/mol. The van der Waals surface area contributed by atoms with Crippen molar-refractivity contribution in [3.8, 4) is 0 Å². The first-order chi connectivity index (χ1) is 8.58. The van der Waals surface area contributed by atoms with Gasteiger partial charge in [-0.1, -0.05) is 17.8 Å². The van der Waals surface area contributed by atoms with Crippen LogP contribution in [0.5, 0.6) is 0 Å². The summed E-state index contributed by atoms with van der Waals surface area (Å²) in [4.78, 5) is 24.9. The molecule has 2 aromatic heterocycles. The van der Waals surface area contributed by atoms with Gasteiger partial charge in [-0.2, -0.15) is 0 Å². The van der Waals surface area contributed by atoms with Crippen LogP contribution in [0.2, 0.25) is 0 Å². The van der Waals surface area contributed by atoms with E-state index in [1.807, 2.05) is 5.38 Å². The summed E-state index contributed by atoms with van der Waals surface area (Å²) < 4.78 is 0.813. The Morgan fingerprint density at radius 1 is 1.44 bits per heavy atom. The predicted octanol–water partition coefficient (Wildman–Crippen LogP) is 2.90. The Labute approximate surface area is 109 Å². The maximum atomic E-state index is 10.8. The molecule has 0 fully saturated rings. The summed E-state index contributed by atoms with van der Waals surface area (Å²) >= 11 is 2.49. The van der Waals surface area contributed by atoms with Crippen LogP contribution in [0.1, 0.15) is 10.5 Å². The van der Waals surface area contributed by atoms with Crippen LogP contribution < -0.4 is 0 Å². The number of carbonyl (C=O) groups is 1. The maximum Gasteiger partial charge on any atom is 0.354 e. The average Bonchev–Trinajstić information content (AvgIpc) is 2.81. The van der Waals surface area contributed by atoms with Gasteiger partial charge in [0.1, 0.15) is 5.69 Å². The largest absolute Gasteiger partial charge is 0.477 e. The second-order valence-corrected chi connectivity index (χ2v) is 5.35. The van der Waals surface area contributed by atoms with Gasteiger partial charge in [0.05, 0.1) is 9.13 Å². The molecule has 0 amide bonds. The molecule has 2 rings (SSSR count). The van der Waals surface area contributed by atoms with Crippen LogP contribution in [0, 0.1) is 10.1 Å². The number of nitro groups is 1. The third kappa shape index (κ3) is 2.66. The van der Waals surface area contributed by atoms with Crippen molar-refractivity contribution in [3.05, 3.63) is 45.5 Å². The number of carboxylic acid groups (broad SMARTS) is 1. The van der Waals surface area contributed by atoms with E-state index in [2.05, 4.69) is 4.98 Å². The number of pyridine rings is 1. The van der Waals surface area contributed by atoms with Crippen LogP contribution in [-0.2, 0) is 0 Å². The van der Waals surface area contributed by atoms with Gasteiger partial charge in [-0.15, -0.1) is 11.3 Å². The smallest absolute Gasteiger partial charge is 0.354 e. The van der Waals surface area contributed by atoms with E-state index in [1.54, 1.807) is 12.1 Å². The van der Waals surface area contributed by atoms with Gasteiger partial charge in [-0.25, -0.2) is 9.78 Å². The lowest BCUT2D eigenvalue weighted by atomic mass is 10.3. The van der Waals surface area contributed by atoms with Gasteiger partial charge in [0.25, 0.3) is 0 Å². The van der Waals surface area contributed by atoms with E-state index in [4.69, 9.17) is 5.11 Å².